The van der Waals surface area contributed by atoms with Crippen molar-refractivity contribution in [3.63, 3.8) is 0 Å². The van der Waals surface area contributed by atoms with Crippen molar-refractivity contribution in [2.75, 3.05) is 6.54 Å². The van der Waals surface area contributed by atoms with Crippen LogP contribution in [0.5, 0.6) is 5.75 Å². The molecule has 120 valence electrons. The average molecular weight is 314 g/mol. The molecule has 23 heavy (non-hydrogen) atoms. The maximum atomic E-state index is 12.8. The molecule has 2 aromatic rings. The SMILES string of the molecule is NC(=O)CNC1C[C@@H]1c1ccc(OCc2ccc(F)cc2)cc1. The largest absolute Gasteiger partial charge is 0.489 e. The number of carbonyl (C=O) groups excluding carboxylic acids is 1. The quantitative estimate of drug-likeness (QED) is 0.824. The molecule has 1 saturated carbocycles. The summed E-state index contributed by atoms with van der Waals surface area (Å²) in [5.41, 5.74) is 7.27. The third-order valence-corrected chi connectivity index (χ3v) is 3.96. The summed E-state index contributed by atoms with van der Waals surface area (Å²) in [5.74, 6) is 0.628. The van der Waals surface area contributed by atoms with Gasteiger partial charge >= 0.3 is 0 Å². The van der Waals surface area contributed by atoms with Gasteiger partial charge in [-0.2, -0.15) is 0 Å². The number of nitrogens with one attached hydrogen (secondary N) is 1. The molecule has 0 saturated heterocycles. The first kappa shape index (κ1) is 15.5. The maximum Gasteiger partial charge on any atom is 0.231 e. The van der Waals surface area contributed by atoms with Gasteiger partial charge in [0.1, 0.15) is 18.2 Å². The molecule has 0 bridgehead atoms. The van der Waals surface area contributed by atoms with Gasteiger partial charge in [-0.05, 0) is 41.8 Å². The minimum atomic E-state index is -0.333. The molecular formula is C18H19FN2O2. The van der Waals surface area contributed by atoms with Gasteiger partial charge < -0.3 is 15.8 Å². The van der Waals surface area contributed by atoms with E-state index < -0.39 is 0 Å². The summed E-state index contributed by atoms with van der Waals surface area (Å²) >= 11 is 0. The smallest absolute Gasteiger partial charge is 0.231 e. The lowest BCUT2D eigenvalue weighted by molar-refractivity contribution is -0.117. The van der Waals surface area contributed by atoms with E-state index in [4.69, 9.17) is 10.5 Å². The van der Waals surface area contributed by atoms with Gasteiger partial charge in [-0.3, -0.25) is 4.79 Å². The van der Waals surface area contributed by atoms with Gasteiger partial charge in [-0.25, -0.2) is 4.39 Å². The molecular weight excluding hydrogens is 295 g/mol. The number of hydrogen-bond donors (Lipinski definition) is 2. The lowest BCUT2D eigenvalue weighted by Gasteiger charge is -2.08. The highest BCUT2D eigenvalue weighted by Crippen LogP contribution is 2.41. The number of nitrogens with two attached hydrogens (primary N) is 1. The third kappa shape index (κ3) is 4.29. The minimum Gasteiger partial charge on any atom is -0.489 e. The average Bonchev–Trinajstić information content (AvgIpc) is 3.33. The van der Waals surface area contributed by atoms with Crippen LogP contribution in [0.15, 0.2) is 48.5 Å². The zero-order chi connectivity index (χ0) is 16.2. The highest BCUT2D eigenvalue weighted by Gasteiger charge is 2.37. The first-order valence-electron chi connectivity index (χ1n) is 7.61. The van der Waals surface area contributed by atoms with Crippen molar-refractivity contribution >= 4 is 5.91 Å². The highest BCUT2D eigenvalue weighted by atomic mass is 19.1. The third-order valence-electron chi connectivity index (χ3n) is 3.96. The van der Waals surface area contributed by atoms with E-state index in [2.05, 4.69) is 5.32 Å². The zero-order valence-corrected chi connectivity index (χ0v) is 12.7. The molecule has 1 amide bonds. The number of halogens is 1. The van der Waals surface area contributed by atoms with E-state index in [1.165, 1.54) is 17.7 Å². The fourth-order valence-electron chi connectivity index (χ4n) is 2.58. The number of carbonyl (C=O) groups is 1. The Labute approximate surface area is 134 Å². The topological polar surface area (TPSA) is 64.4 Å². The molecule has 1 fully saturated rings. The lowest BCUT2D eigenvalue weighted by atomic mass is 10.1. The van der Waals surface area contributed by atoms with Crippen molar-refractivity contribution < 1.29 is 13.9 Å². The van der Waals surface area contributed by atoms with Crippen LogP contribution >= 0.6 is 0 Å². The van der Waals surface area contributed by atoms with Crippen LogP contribution in [0.2, 0.25) is 0 Å². The molecule has 2 atom stereocenters. The van der Waals surface area contributed by atoms with Crippen molar-refractivity contribution in [1.82, 2.24) is 5.32 Å². The summed E-state index contributed by atoms with van der Waals surface area (Å²) in [5, 5.41) is 3.13. The molecule has 5 heteroatoms. The first-order valence-corrected chi connectivity index (χ1v) is 7.61. The molecule has 2 aromatic carbocycles. The first-order chi connectivity index (χ1) is 11.1. The van der Waals surface area contributed by atoms with Crippen LogP contribution in [0.4, 0.5) is 4.39 Å². The second kappa shape index (κ2) is 6.79. The number of rotatable bonds is 7. The van der Waals surface area contributed by atoms with Crippen molar-refractivity contribution in [1.29, 1.82) is 0 Å². The summed E-state index contributed by atoms with van der Waals surface area (Å²) in [4.78, 5) is 10.7. The lowest BCUT2D eigenvalue weighted by Crippen LogP contribution is -2.30. The van der Waals surface area contributed by atoms with Gasteiger partial charge in [0.25, 0.3) is 0 Å². The van der Waals surface area contributed by atoms with E-state index in [9.17, 15) is 9.18 Å². The van der Waals surface area contributed by atoms with Crippen molar-refractivity contribution in [2.45, 2.75) is 25.0 Å². The number of amides is 1. The Bertz CT molecular complexity index is 670. The molecule has 0 aliphatic heterocycles. The fraction of sp³-hybridized carbons (Fsp3) is 0.278. The number of ether oxygens (including phenoxy) is 1. The second-order valence-corrected chi connectivity index (χ2v) is 5.78. The number of hydrogen-bond acceptors (Lipinski definition) is 3. The maximum absolute atomic E-state index is 12.8. The van der Waals surface area contributed by atoms with Gasteiger partial charge in [0.15, 0.2) is 0 Å². The molecule has 4 nitrogen and oxygen atoms in total. The van der Waals surface area contributed by atoms with E-state index in [0.29, 0.717) is 18.6 Å². The monoisotopic (exact) mass is 314 g/mol. The van der Waals surface area contributed by atoms with Crippen molar-refractivity contribution in [2.24, 2.45) is 5.73 Å². The van der Waals surface area contributed by atoms with Gasteiger partial charge in [0.05, 0.1) is 6.54 Å². The van der Waals surface area contributed by atoms with Crippen LogP contribution in [0.25, 0.3) is 0 Å². The van der Waals surface area contributed by atoms with Gasteiger partial charge in [-0.15, -0.1) is 0 Å². The van der Waals surface area contributed by atoms with Gasteiger partial charge in [0.2, 0.25) is 5.91 Å². The molecule has 1 unspecified atom stereocenters. The fourth-order valence-corrected chi connectivity index (χ4v) is 2.58. The molecule has 3 N–H and O–H groups in total. The second-order valence-electron chi connectivity index (χ2n) is 5.78. The molecule has 0 heterocycles. The van der Waals surface area contributed by atoms with E-state index in [1.54, 1.807) is 12.1 Å². The van der Waals surface area contributed by atoms with E-state index in [1.807, 2.05) is 24.3 Å². The van der Waals surface area contributed by atoms with Crippen LogP contribution in [-0.4, -0.2) is 18.5 Å². The summed E-state index contributed by atoms with van der Waals surface area (Å²) < 4.78 is 18.5. The van der Waals surface area contributed by atoms with Crippen LogP contribution in [0.3, 0.4) is 0 Å². The number of primary amides is 1. The molecule has 1 aliphatic rings. The van der Waals surface area contributed by atoms with E-state index in [0.717, 1.165) is 17.7 Å². The molecule has 1 aliphatic carbocycles. The summed E-state index contributed by atoms with van der Waals surface area (Å²) in [6, 6.07) is 14.5. The zero-order valence-electron chi connectivity index (χ0n) is 12.7. The predicted octanol–water partition coefficient (Wildman–Crippen LogP) is 2.34. The summed E-state index contributed by atoms with van der Waals surface area (Å²) in [6.07, 6.45) is 1.02. The van der Waals surface area contributed by atoms with E-state index in [-0.39, 0.29) is 18.3 Å². The summed E-state index contributed by atoms with van der Waals surface area (Å²) in [7, 11) is 0. The van der Waals surface area contributed by atoms with Crippen LogP contribution < -0.4 is 15.8 Å². The molecule has 0 spiro atoms. The predicted molar refractivity (Wildman–Crippen MR) is 85.5 cm³/mol. The molecule has 0 aromatic heterocycles. The van der Waals surface area contributed by atoms with Gasteiger partial charge in [-0.1, -0.05) is 24.3 Å². The Kier molecular flexibility index (Phi) is 4.57. The standard InChI is InChI=1S/C18H19FN2O2/c19-14-5-1-12(2-6-14)11-23-15-7-3-13(4-8-15)16-9-17(16)21-10-18(20)22/h1-8,16-17,21H,9-11H2,(H2,20,22)/t16-,17?/m1/s1. The summed E-state index contributed by atoms with van der Waals surface area (Å²) in [6.45, 7) is 0.631. The minimum absolute atomic E-state index is 0.222. The van der Waals surface area contributed by atoms with Crippen molar-refractivity contribution in [3.05, 3.63) is 65.5 Å². The Morgan fingerprint density at radius 1 is 1.17 bits per heavy atom. The number of benzene rings is 2. The molecule has 3 rings (SSSR count). The van der Waals surface area contributed by atoms with Crippen LogP contribution in [0.1, 0.15) is 23.5 Å². The van der Waals surface area contributed by atoms with Crippen molar-refractivity contribution in [3.8, 4) is 5.75 Å². The Morgan fingerprint density at radius 3 is 2.52 bits per heavy atom. The Hall–Kier alpha value is -2.40. The van der Waals surface area contributed by atoms with Crippen LogP contribution in [-0.2, 0) is 11.4 Å². The molecule has 0 radical (unpaired) electrons. The highest BCUT2D eigenvalue weighted by molar-refractivity contribution is 5.76. The Morgan fingerprint density at radius 2 is 1.87 bits per heavy atom. The normalized spacial score (nSPS) is 19.3. The van der Waals surface area contributed by atoms with E-state index >= 15 is 0 Å². The Balaban J connectivity index is 1.50. The van der Waals surface area contributed by atoms with Crippen LogP contribution in [0, 0.1) is 5.82 Å². The van der Waals surface area contributed by atoms with Gasteiger partial charge in [0, 0.05) is 12.0 Å².